The van der Waals surface area contributed by atoms with Crippen molar-refractivity contribution in [2.24, 2.45) is 0 Å². The Kier molecular flexibility index (Phi) is 5.25. The molecule has 1 saturated heterocycles. The van der Waals surface area contributed by atoms with Gasteiger partial charge in [-0.2, -0.15) is 0 Å². The van der Waals surface area contributed by atoms with Crippen LogP contribution < -0.4 is 0 Å². The van der Waals surface area contributed by atoms with Crippen molar-refractivity contribution < 1.29 is 8.42 Å². The van der Waals surface area contributed by atoms with E-state index in [9.17, 15) is 8.42 Å². The molecule has 1 aliphatic rings. The highest BCUT2D eigenvalue weighted by molar-refractivity contribution is 7.91. The molecule has 1 N–H and O–H groups in total. The zero-order valence-electron chi connectivity index (χ0n) is 14.6. The molecule has 1 fully saturated rings. The number of piperidine rings is 1. The molecule has 1 aliphatic heterocycles. The van der Waals surface area contributed by atoms with Crippen LogP contribution in [-0.2, 0) is 9.84 Å². The Hall–Kier alpha value is -1.40. The third kappa shape index (κ3) is 4.16. The van der Waals surface area contributed by atoms with Crippen molar-refractivity contribution in [3.63, 3.8) is 0 Å². The Bertz CT molecular complexity index is 798. The van der Waals surface area contributed by atoms with E-state index in [0.717, 1.165) is 42.8 Å². The summed E-state index contributed by atoms with van der Waals surface area (Å²) in [5.41, 5.74) is 3.33. The SMILES string of the molecule is CCCS(=O)(=O)CCN1CCC[C@H](c2nc3ccc(C)cc3[nH]2)C1. The van der Waals surface area contributed by atoms with E-state index in [1.165, 1.54) is 5.56 Å². The van der Waals surface area contributed by atoms with Crippen LogP contribution in [0.3, 0.4) is 0 Å². The van der Waals surface area contributed by atoms with E-state index in [0.29, 0.717) is 24.6 Å². The van der Waals surface area contributed by atoms with Crippen molar-refractivity contribution >= 4 is 20.9 Å². The van der Waals surface area contributed by atoms with Gasteiger partial charge in [0.05, 0.1) is 16.8 Å². The summed E-state index contributed by atoms with van der Waals surface area (Å²) in [7, 11) is -2.90. The minimum atomic E-state index is -2.90. The van der Waals surface area contributed by atoms with Gasteiger partial charge in [-0.3, -0.25) is 0 Å². The molecule has 0 aliphatic carbocycles. The minimum Gasteiger partial charge on any atom is -0.342 e. The van der Waals surface area contributed by atoms with Gasteiger partial charge in [-0.15, -0.1) is 0 Å². The highest BCUT2D eigenvalue weighted by atomic mass is 32.2. The Labute approximate surface area is 144 Å². The lowest BCUT2D eigenvalue weighted by molar-refractivity contribution is 0.215. The molecule has 0 spiro atoms. The molecule has 3 rings (SSSR count). The average molecular weight is 350 g/mol. The lowest BCUT2D eigenvalue weighted by Crippen LogP contribution is -2.38. The van der Waals surface area contributed by atoms with Gasteiger partial charge in [-0.25, -0.2) is 13.4 Å². The van der Waals surface area contributed by atoms with Crippen molar-refractivity contribution in [3.05, 3.63) is 29.6 Å². The van der Waals surface area contributed by atoms with E-state index in [4.69, 9.17) is 4.98 Å². The molecule has 1 aromatic carbocycles. The first-order chi connectivity index (χ1) is 11.5. The molecule has 1 aromatic heterocycles. The van der Waals surface area contributed by atoms with Gasteiger partial charge in [-0.1, -0.05) is 13.0 Å². The van der Waals surface area contributed by atoms with E-state index in [-0.39, 0.29) is 5.75 Å². The summed E-state index contributed by atoms with van der Waals surface area (Å²) in [6, 6.07) is 6.27. The number of benzene rings is 1. The summed E-state index contributed by atoms with van der Waals surface area (Å²) in [6.07, 6.45) is 2.90. The van der Waals surface area contributed by atoms with Crippen LogP contribution in [0.25, 0.3) is 11.0 Å². The summed E-state index contributed by atoms with van der Waals surface area (Å²) in [6.45, 7) is 6.51. The predicted octanol–water partition coefficient (Wildman–Crippen LogP) is 2.88. The number of hydrogen-bond donors (Lipinski definition) is 1. The molecule has 0 saturated carbocycles. The summed E-state index contributed by atoms with van der Waals surface area (Å²) < 4.78 is 23.9. The normalized spacial score (nSPS) is 19.8. The van der Waals surface area contributed by atoms with Crippen LogP contribution in [0, 0.1) is 6.92 Å². The third-order valence-corrected chi connectivity index (χ3v) is 6.62. The van der Waals surface area contributed by atoms with E-state index in [2.05, 4.69) is 35.0 Å². The lowest BCUT2D eigenvalue weighted by atomic mass is 9.97. The summed E-state index contributed by atoms with van der Waals surface area (Å²) in [5, 5.41) is 0. The van der Waals surface area contributed by atoms with Crippen molar-refractivity contribution in [3.8, 4) is 0 Å². The number of fused-ring (bicyclic) bond motifs is 1. The molecule has 2 aromatic rings. The zero-order chi connectivity index (χ0) is 17.2. The summed E-state index contributed by atoms with van der Waals surface area (Å²) in [4.78, 5) is 10.5. The average Bonchev–Trinajstić information content (AvgIpc) is 2.96. The minimum absolute atomic E-state index is 0.271. The number of nitrogens with one attached hydrogen (secondary N) is 1. The fraction of sp³-hybridized carbons (Fsp3) is 0.611. The maximum Gasteiger partial charge on any atom is 0.151 e. The number of nitrogens with zero attached hydrogens (tertiary/aromatic N) is 2. The van der Waals surface area contributed by atoms with Gasteiger partial charge < -0.3 is 9.88 Å². The predicted molar refractivity (Wildman–Crippen MR) is 98.2 cm³/mol. The van der Waals surface area contributed by atoms with Gasteiger partial charge >= 0.3 is 0 Å². The zero-order valence-corrected chi connectivity index (χ0v) is 15.4. The quantitative estimate of drug-likeness (QED) is 0.871. The highest BCUT2D eigenvalue weighted by Gasteiger charge is 2.24. The first-order valence-electron chi connectivity index (χ1n) is 8.86. The van der Waals surface area contributed by atoms with Crippen LogP contribution in [0.15, 0.2) is 18.2 Å². The Morgan fingerprint density at radius 2 is 2.17 bits per heavy atom. The van der Waals surface area contributed by atoms with E-state index in [1.807, 2.05) is 6.92 Å². The smallest absolute Gasteiger partial charge is 0.151 e. The van der Waals surface area contributed by atoms with Crippen LogP contribution in [0.4, 0.5) is 0 Å². The first kappa shape index (κ1) is 17.4. The molecule has 132 valence electrons. The van der Waals surface area contributed by atoms with Gasteiger partial charge in [0.1, 0.15) is 5.82 Å². The van der Waals surface area contributed by atoms with Crippen LogP contribution in [0.5, 0.6) is 0 Å². The number of likely N-dealkylation sites (tertiary alicyclic amines) is 1. The number of aromatic amines is 1. The number of aryl methyl sites for hydroxylation is 1. The fourth-order valence-corrected chi connectivity index (χ4v) is 4.86. The van der Waals surface area contributed by atoms with Crippen LogP contribution in [0.2, 0.25) is 0 Å². The Balaban J connectivity index is 1.66. The molecule has 24 heavy (non-hydrogen) atoms. The Morgan fingerprint density at radius 3 is 2.96 bits per heavy atom. The maximum absolute atomic E-state index is 11.9. The molecule has 6 heteroatoms. The van der Waals surface area contributed by atoms with Crippen molar-refractivity contribution in [1.29, 1.82) is 0 Å². The molecule has 2 heterocycles. The molecule has 1 atom stereocenters. The standard InChI is InChI=1S/C18H27N3O2S/c1-3-10-24(22,23)11-9-21-8-4-5-15(13-21)18-19-16-7-6-14(2)12-17(16)20-18/h6-7,12,15H,3-5,8-11,13H2,1-2H3,(H,19,20)/t15-/m0/s1. The first-order valence-corrected chi connectivity index (χ1v) is 10.7. The second kappa shape index (κ2) is 7.23. The summed E-state index contributed by atoms with van der Waals surface area (Å²) in [5.74, 6) is 1.97. The number of H-pyrrole nitrogens is 1. The van der Waals surface area contributed by atoms with Crippen LogP contribution >= 0.6 is 0 Å². The van der Waals surface area contributed by atoms with Crippen molar-refractivity contribution in [2.75, 3.05) is 31.1 Å². The largest absolute Gasteiger partial charge is 0.342 e. The molecule has 0 radical (unpaired) electrons. The molecule has 0 bridgehead atoms. The van der Waals surface area contributed by atoms with Gasteiger partial charge in [0, 0.05) is 24.8 Å². The van der Waals surface area contributed by atoms with Crippen molar-refractivity contribution in [1.82, 2.24) is 14.9 Å². The number of rotatable bonds is 6. The van der Waals surface area contributed by atoms with E-state index >= 15 is 0 Å². The van der Waals surface area contributed by atoms with E-state index in [1.54, 1.807) is 0 Å². The second-order valence-electron chi connectivity index (χ2n) is 6.93. The monoisotopic (exact) mass is 349 g/mol. The van der Waals surface area contributed by atoms with Gasteiger partial charge in [0.15, 0.2) is 9.84 Å². The van der Waals surface area contributed by atoms with Crippen LogP contribution in [-0.4, -0.2) is 54.4 Å². The van der Waals surface area contributed by atoms with E-state index < -0.39 is 9.84 Å². The number of imidazole rings is 1. The number of hydrogen-bond acceptors (Lipinski definition) is 4. The van der Waals surface area contributed by atoms with Gasteiger partial charge in [-0.05, 0) is 50.4 Å². The maximum atomic E-state index is 11.9. The van der Waals surface area contributed by atoms with Crippen LogP contribution in [0.1, 0.15) is 43.5 Å². The molecule has 5 nitrogen and oxygen atoms in total. The fourth-order valence-electron chi connectivity index (χ4n) is 3.50. The number of aromatic nitrogens is 2. The molecule has 0 amide bonds. The topological polar surface area (TPSA) is 66.1 Å². The summed E-state index contributed by atoms with van der Waals surface area (Å²) >= 11 is 0. The molecular weight excluding hydrogens is 322 g/mol. The second-order valence-corrected chi connectivity index (χ2v) is 9.24. The van der Waals surface area contributed by atoms with Gasteiger partial charge in [0.2, 0.25) is 0 Å². The molecule has 0 unspecified atom stereocenters. The number of sulfone groups is 1. The Morgan fingerprint density at radius 1 is 1.33 bits per heavy atom. The van der Waals surface area contributed by atoms with Gasteiger partial charge in [0.25, 0.3) is 0 Å². The lowest BCUT2D eigenvalue weighted by Gasteiger charge is -2.31. The highest BCUT2D eigenvalue weighted by Crippen LogP contribution is 2.27. The third-order valence-electron chi connectivity index (χ3n) is 4.78. The van der Waals surface area contributed by atoms with Crippen molar-refractivity contribution in [2.45, 2.75) is 39.0 Å². The molecular formula is C18H27N3O2S.